The Balaban J connectivity index is 2.14. The van der Waals surface area contributed by atoms with Gasteiger partial charge in [0.1, 0.15) is 12.2 Å². The fourth-order valence-corrected chi connectivity index (χ4v) is 2.26. The van der Waals surface area contributed by atoms with Crippen molar-refractivity contribution in [2.75, 3.05) is 6.54 Å². The van der Waals surface area contributed by atoms with Crippen molar-refractivity contribution in [2.24, 2.45) is 0 Å². The van der Waals surface area contributed by atoms with Gasteiger partial charge in [0.2, 0.25) is 0 Å². The molecular weight excluding hydrogens is 222 g/mol. The van der Waals surface area contributed by atoms with Crippen molar-refractivity contribution in [3.63, 3.8) is 0 Å². The summed E-state index contributed by atoms with van der Waals surface area (Å²) in [5, 5.41) is 8.87. The number of rotatable bonds is 4. The average Bonchev–Trinajstić information content (AvgIpc) is 2.96. The number of aliphatic carboxylic acids is 1. The number of imidazole rings is 1. The van der Waals surface area contributed by atoms with E-state index in [0.717, 1.165) is 25.7 Å². The molecule has 92 valence electrons. The van der Waals surface area contributed by atoms with Gasteiger partial charge < -0.3 is 15.0 Å². The quantitative estimate of drug-likeness (QED) is 0.813. The van der Waals surface area contributed by atoms with Crippen LogP contribution in [0.25, 0.3) is 0 Å². The number of aromatic amines is 1. The van der Waals surface area contributed by atoms with Crippen molar-refractivity contribution in [1.29, 1.82) is 0 Å². The lowest BCUT2D eigenvalue weighted by Crippen LogP contribution is -2.42. The summed E-state index contributed by atoms with van der Waals surface area (Å²) in [5.41, 5.74) is 0.346. The molecule has 0 radical (unpaired) electrons. The molecule has 1 heterocycles. The first-order valence-corrected chi connectivity index (χ1v) is 5.69. The van der Waals surface area contributed by atoms with Gasteiger partial charge in [0.05, 0.1) is 12.5 Å². The number of nitrogens with one attached hydrogen (secondary N) is 1. The van der Waals surface area contributed by atoms with E-state index in [-0.39, 0.29) is 18.5 Å². The summed E-state index contributed by atoms with van der Waals surface area (Å²) in [5.74, 6) is -1.26. The summed E-state index contributed by atoms with van der Waals surface area (Å²) in [6, 6.07) is 0.0434. The van der Waals surface area contributed by atoms with E-state index in [1.807, 2.05) is 0 Å². The number of carboxylic acid groups (broad SMARTS) is 1. The van der Waals surface area contributed by atoms with Crippen molar-refractivity contribution in [2.45, 2.75) is 31.7 Å². The molecule has 0 aromatic carbocycles. The first kappa shape index (κ1) is 11.6. The van der Waals surface area contributed by atoms with Crippen molar-refractivity contribution >= 4 is 11.9 Å². The second kappa shape index (κ2) is 4.99. The predicted molar refractivity (Wildman–Crippen MR) is 59.5 cm³/mol. The average molecular weight is 237 g/mol. The second-order valence-electron chi connectivity index (χ2n) is 4.23. The van der Waals surface area contributed by atoms with Crippen LogP contribution in [-0.4, -0.2) is 44.4 Å². The molecule has 1 aromatic heterocycles. The van der Waals surface area contributed by atoms with Gasteiger partial charge in [-0.25, -0.2) is 4.98 Å². The molecule has 0 atom stereocenters. The normalized spacial score (nSPS) is 16.0. The lowest BCUT2D eigenvalue weighted by molar-refractivity contribution is -0.138. The van der Waals surface area contributed by atoms with Gasteiger partial charge >= 0.3 is 5.97 Å². The van der Waals surface area contributed by atoms with Gasteiger partial charge in [-0.2, -0.15) is 0 Å². The van der Waals surface area contributed by atoms with Crippen LogP contribution >= 0.6 is 0 Å². The number of carbonyl (C=O) groups is 2. The van der Waals surface area contributed by atoms with E-state index in [9.17, 15) is 9.59 Å². The van der Waals surface area contributed by atoms with Crippen LogP contribution in [0.5, 0.6) is 0 Å². The summed E-state index contributed by atoms with van der Waals surface area (Å²) < 4.78 is 0. The van der Waals surface area contributed by atoms with Crippen LogP contribution in [0.1, 0.15) is 36.2 Å². The van der Waals surface area contributed by atoms with Gasteiger partial charge in [0.15, 0.2) is 0 Å². The highest BCUT2D eigenvalue weighted by atomic mass is 16.4. The van der Waals surface area contributed by atoms with E-state index in [2.05, 4.69) is 9.97 Å². The zero-order valence-corrected chi connectivity index (χ0v) is 9.43. The molecule has 1 aromatic rings. The Morgan fingerprint density at radius 1 is 1.47 bits per heavy atom. The summed E-state index contributed by atoms with van der Waals surface area (Å²) in [7, 11) is 0. The maximum atomic E-state index is 12.1. The summed E-state index contributed by atoms with van der Waals surface area (Å²) in [6.07, 6.45) is 6.71. The standard InChI is InChI=1S/C11H15N3O3/c15-10(16)6-14(8-3-1-2-4-8)11(17)9-5-12-7-13-9/h5,7-8H,1-4,6H2,(H,12,13)(H,15,16). The lowest BCUT2D eigenvalue weighted by Gasteiger charge is -2.26. The zero-order valence-electron chi connectivity index (χ0n) is 9.43. The first-order chi connectivity index (χ1) is 8.18. The second-order valence-corrected chi connectivity index (χ2v) is 4.23. The highest BCUT2D eigenvalue weighted by Crippen LogP contribution is 2.24. The van der Waals surface area contributed by atoms with Crippen LogP contribution in [0, 0.1) is 0 Å². The SMILES string of the molecule is O=C(O)CN(C(=O)c1cnc[nH]1)C1CCCC1. The largest absolute Gasteiger partial charge is 0.480 e. The third kappa shape index (κ3) is 2.64. The highest BCUT2D eigenvalue weighted by molar-refractivity contribution is 5.94. The van der Waals surface area contributed by atoms with Gasteiger partial charge in [-0.05, 0) is 12.8 Å². The monoisotopic (exact) mass is 237 g/mol. The van der Waals surface area contributed by atoms with Crippen LogP contribution < -0.4 is 0 Å². The molecule has 6 heteroatoms. The van der Waals surface area contributed by atoms with Gasteiger partial charge in [-0.15, -0.1) is 0 Å². The minimum atomic E-state index is -0.982. The van der Waals surface area contributed by atoms with E-state index >= 15 is 0 Å². The maximum Gasteiger partial charge on any atom is 0.323 e. The molecular formula is C11H15N3O3. The Hall–Kier alpha value is -1.85. The van der Waals surface area contributed by atoms with Crippen molar-refractivity contribution in [1.82, 2.24) is 14.9 Å². The minimum Gasteiger partial charge on any atom is -0.480 e. The van der Waals surface area contributed by atoms with Crippen molar-refractivity contribution < 1.29 is 14.7 Å². The molecule has 1 saturated carbocycles. The molecule has 0 unspecified atom stereocenters. The molecule has 1 fully saturated rings. The molecule has 1 aliphatic rings. The number of hydrogen-bond acceptors (Lipinski definition) is 3. The van der Waals surface area contributed by atoms with Crippen LogP contribution in [0.3, 0.4) is 0 Å². The van der Waals surface area contributed by atoms with Crippen LogP contribution in [0.4, 0.5) is 0 Å². The van der Waals surface area contributed by atoms with Crippen LogP contribution in [0.15, 0.2) is 12.5 Å². The highest BCUT2D eigenvalue weighted by Gasteiger charge is 2.29. The molecule has 1 amide bonds. The van der Waals surface area contributed by atoms with E-state index in [4.69, 9.17) is 5.11 Å². The number of carbonyl (C=O) groups excluding carboxylic acids is 1. The van der Waals surface area contributed by atoms with Gasteiger partial charge in [-0.1, -0.05) is 12.8 Å². The molecule has 6 nitrogen and oxygen atoms in total. The van der Waals surface area contributed by atoms with E-state index in [0.29, 0.717) is 5.69 Å². The molecule has 0 bridgehead atoms. The molecule has 0 saturated heterocycles. The third-order valence-electron chi connectivity index (χ3n) is 3.06. The molecule has 0 spiro atoms. The Morgan fingerprint density at radius 2 is 2.18 bits per heavy atom. The number of nitrogens with zero attached hydrogens (tertiary/aromatic N) is 2. The summed E-state index contributed by atoms with van der Waals surface area (Å²) in [4.78, 5) is 30.9. The van der Waals surface area contributed by atoms with Crippen molar-refractivity contribution in [3.8, 4) is 0 Å². The fourth-order valence-electron chi connectivity index (χ4n) is 2.26. The Morgan fingerprint density at radius 3 is 2.71 bits per heavy atom. The van der Waals surface area contributed by atoms with Gasteiger partial charge in [0.25, 0.3) is 5.91 Å². The number of hydrogen-bond donors (Lipinski definition) is 2. The Kier molecular flexibility index (Phi) is 3.41. The first-order valence-electron chi connectivity index (χ1n) is 5.69. The third-order valence-corrected chi connectivity index (χ3v) is 3.06. The number of H-pyrrole nitrogens is 1. The zero-order chi connectivity index (χ0) is 12.3. The fraction of sp³-hybridized carbons (Fsp3) is 0.545. The van der Waals surface area contributed by atoms with E-state index < -0.39 is 5.97 Å². The Labute approximate surface area is 98.7 Å². The number of carboxylic acids is 1. The van der Waals surface area contributed by atoms with Gasteiger partial charge in [-0.3, -0.25) is 9.59 Å². The van der Waals surface area contributed by atoms with Crippen LogP contribution in [-0.2, 0) is 4.79 Å². The Bertz CT molecular complexity index is 396. The van der Waals surface area contributed by atoms with Gasteiger partial charge in [0, 0.05) is 6.04 Å². The molecule has 2 N–H and O–H groups in total. The molecule has 2 rings (SSSR count). The predicted octanol–water partition coefficient (Wildman–Crippen LogP) is 0.879. The summed E-state index contributed by atoms with van der Waals surface area (Å²) >= 11 is 0. The molecule has 1 aliphatic carbocycles. The molecule has 0 aliphatic heterocycles. The molecule has 17 heavy (non-hydrogen) atoms. The topological polar surface area (TPSA) is 86.3 Å². The number of aromatic nitrogens is 2. The maximum absolute atomic E-state index is 12.1. The lowest BCUT2D eigenvalue weighted by atomic mass is 10.2. The van der Waals surface area contributed by atoms with Crippen LogP contribution in [0.2, 0.25) is 0 Å². The minimum absolute atomic E-state index is 0.0434. The number of amides is 1. The van der Waals surface area contributed by atoms with E-state index in [1.54, 1.807) is 0 Å². The smallest absolute Gasteiger partial charge is 0.323 e. The van der Waals surface area contributed by atoms with Crippen molar-refractivity contribution in [3.05, 3.63) is 18.2 Å². The summed E-state index contributed by atoms with van der Waals surface area (Å²) in [6.45, 7) is -0.248. The van der Waals surface area contributed by atoms with E-state index in [1.165, 1.54) is 17.4 Å².